The molecule has 0 fully saturated rings. The molecule has 1 aliphatic rings. The van der Waals surface area contributed by atoms with E-state index in [4.69, 9.17) is 8.83 Å². The number of anilines is 5. The first kappa shape index (κ1) is 34.2. The lowest BCUT2D eigenvalue weighted by Gasteiger charge is -2.36. The molecule has 0 saturated heterocycles. The average Bonchev–Trinajstić information content (AvgIpc) is 3.89. The molecule has 0 radical (unpaired) electrons. The van der Waals surface area contributed by atoms with E-state index in [2.05, 4.69) is 210 Å². The molecule has 1 atom stereocenters. The van der Waals surface area contributed by atoms with E-state index >= 15 is 0 Å². The van der Waals surface area contributed by atoms with Crippen molar-refractivity contribution in [2.75, 3.05) is 9.80 Å². The summed E-state index contributed by atoms with van der Waals surface area (Å²) >= 11 is 0. The molecule has 0 N–H and O–H groups in total. The van der Waals surface area contributed by atoms with Crippen molar-refractivity contribution in [3.63, 3.8) is 0 Å². The van der Waals surface area contributed by atoms with E-state index in [-0.39, 0.29) is 6.04 Å². The molecule has 0 spiro atoms. The first-order valence-corrected chi connectivity index (χ1v) is 20.6. The predicted molar refractivity (Wildman–Crippen MR) is 250 cm³/mol. The van der Waals surface area contributed by atoms with Gasteiger partial charge in [-0.15, -0.1) is 0 Å². The second-order valence-electron chi connectivity index (χ2n) is 15.6. The minimum absolute atomic E-state index is 0.00803. The van der Waals surface area contributed by atoms with E-state index in [1.54, 1.807) is 0 Å². The average molecular weight is 771 g/mol. The Hall–Kier alpha value is -7.82. The summed E-state index contributed by atoms with van der Waals surface area (Å²) in [6.45, 7) is 0. The summed E-state index contributed by atoms with van der Waals surface area (Å²) in [5.74, 6) is 0. The van der Waals surface area contributed by atoms with E-state index in [9.17, 15) is 0 Å². The maximum Gasteiger partial charge on any atom is 0.143 e. The normalized spacial score (nSPS) is 13.7. The number of nitrogens with zero attached hydrogens (tertiary/aromatic N) is 2. The maximum absolute atomic E-state index is 7.04. The van der Waals surface area contributed by atoms with Crippen LogP contribution in [0.2, 0.25) is 0 Å². The van der Waals surface area contributed by atoms with Crippen LogP contribution in [0.5, 0.6) is 0 Å². The Kier molecular flexibility index (Phi) is 7.95. The van der Waals surface area contributed by atoms with Crippen LogP contribution in [0.25, 0.3) is 71.9 Å². The van der Waals surface area contributed by atoms with Crippen LogP contribution in [-0.2, 0) is 6.42 Å². The highest BCUT2D eigenvalue weighted by Gasteiger charge is 2.29. The smallest absolute Gasteiger partial charge is 0.143 e. The monoisotopic (exact) mass is 770 g/mol. The predicted octanol–water partition coefficient (Wildman–Crippen LogP) is 15.6. The number of benzene rings is 9. The van der Waals surface area contributed by atoms with Gasteiger partial charge in [0.15, 0.2) is 0 Å². The highest BCUT2D eigenvalue weighted by atomic mass is 16.3. The van der Waals surface area contributed by atoms with Crippen molar-refractivity contribution in [2.45, 2.75) is 12.5 Å². The van der Waals surface area contributed by atoms with Crippen LogP contribution in [0.15, 0.2) is 215 Å². The van der Waals surface area contributed by atoms with Gasteiger partial charge in [-0.3, -0.25) is 0 Å². The highest BCUT2D eigenvalue weighted by Crippen LogP contribution is 2.47. The molecule has 4 nitrogen and oxygen atoms in total. The number of rotatable bonds is 7. The third-order valence-electron chi connectivity index (χ3n) is 12.2. The van der Waals surface area contributed by atoms with Crippen LogP contribution >= 0.6 is 0 Å². The van der Waals surface area contributed by atoms with E-state index in [1.165, 1.54) is 27.5 Å². The Balaban J connectivity index is 1.03. The molecular formula is C56H38N2O2. The first-order chi connectivity index (χ1) is 29.8. The van der Waals surface area contributed by atoms with Crippen LogP contribution < -0.4 is 9.80 Å². The number of hydrogen-bond acceptors (Lipinski definition) is 4. The lowest BCUT2D eigenvalue weighted by Crippen LogP contribution is -2.33. The summed E-state index contributed by atoms with van der Waals surface area (Å²) < 4.78 is 13.5. The minimum Gasteiger partial charge on any atom is -0.456 e. The Labute approximate surface area is 347 Å². The number of para-hydroxylation sites is 4. The Morgan fingerprint density at radius 2 is 1.02 bits per heavy atom. The molecule has 0 saturated carbocycles. The molecular weight excluding hydrogens is 733 g/mol. The number of furan rings is 2. The zero-order valence-electron chi connectivity index (χ0n) is 32.7. The fraction of sp³-hybridized carbons (Fsp3) is 0.0357. The molecule has 11 aromatic rings. The molecule has 0 bridgehead atoms. The third kappa shape index (κ3) is 5.53. The van der Waals surface area contributed by atoms with E-state index in [0.717, 1.165) is 84.3 Å². The molecule has 2 heterocycles. The van der Waals surface area contributed by atoms with Crippen LogP contribution in [0.4, 0.5) is 28.4 Å². The Bertz CT molecular complexity index is 3380. The van der Waals surface area contributed by atoms with Crippen molar-refractivity contribution >= 4 is 89.2 Å². The molecule has 1 unspecified atom stereocenters. The zero-order chi connectivity index (χ0) is 39.6. The second kappa shape index (κ2) is 13.9. The standard InChI is InChI=1S/C56H38N2O2/c1-4-16-37(17-5-1)43-22-12-14-26-51(43)58(42-28-31-46-45-24-13-15-27-52(45)59-53(46)36-42)40-29-32-48-50(34-40)44-23-10-11-25-47(44)55-49-33-30-41(35-54(49)60-56(48)55)57(38-18-6-2-7-19-38)39-20-8-3-9-21-39/h1-33,35-36,40H,34H2. The van der Waals surface area contributed by atoms with Crippen molar-refractivity contribution < 1.29 is 8.83 Å². The van der Waals surface area contributed by atoms with Gasteiger partial charge < -0.3 is 18.6 Å². The van der Waals surface area contributed by atoms with Crippen LogP contribution in [0.1, 0.15) is 11.1 Å². The van der Waals surface area contributed by atoms with Gasteiger partial charge in [-0.05, 0) is 89.0 Å². The van der Waals surface area contributed by atoms with Crippen LogP contribution in [0, 0.1) is 0 Å². The minimum atomic E-state index is -0.00803. The van der Waals surface area contributed by atoms with Crippen molar-refractivity contribution in [3.8, 4) is 11.1 Å². The van der Waals surface area contributed by atoms with Crippen LogP contribution in [0.3, 0.4) is 0 Å². The largest absolute Gasteiger partial charge is 0.456 e. The summed E-state index contributed by atoms with van der Waals surface area (Å²) in [6.07, 6.45) is 5.45. The molecule has 4 heteroatoms. The summed E-state index contributed by atoms with van der Waals surface area (Å²) in [5, 5.41) is 6.97. The SMILES string of the molecule is C1=CC(N(c2ccc3c(c2)oc2ccccc23)c2ccccc2-c2ccccc2)Cc2c1c1oc3cc(N(c4ccccc4)c4ccccc4)ccc3c1c1ccccc21. The maximum atomic E-state index is 7.04. The van der Waals surface area contributed by atoms with Gasteiger partial charge in [-0.2, -0.15) is 0 Å². The molecule has 1 aliphatic carbocycles. The topological polar surface area (TPSA) is 32.8 Å². The highest BCUT2D eigenvalue weighted by molar-refractivity contribution is 6.22. The molecule has 284 valence electrons. The van der Waals surface area contributed by atoms with Crippen molar-refractivity contribution in [1.29, 1.82) is 0 Å². The van der Waals surface area contributed by atoms with Gasteiger partial charge in [0.25, 0.3) is 0 Å². The number of hydrogen-bond donors (Lipinski definition) is 0. The quantitative estimate of drug-likeness (QED) is 0.162. The molecule has 0 aliphatic heterocycles. The third-order valence-corrected chi connectivity index (χ3v) is 12.2. The second-order valence-corrected chi connectivity index (χ2v) is 15.6. The van der Waals surface area contributed by atoms with Gasteiger partial charge in [0.1, 0.15) is 22.3 Å². The van der Waals surface area contributed by atoms with E-state index in [1.807, 2.05) is 12.1 Å². The lowest BCUT2D eigenvalue weighted by atomic mass is 9.86. The van der Waals surface area contributed by atoms with Gasteiger partial charge in [0, 0.05) is 73.2 Å². The summed E-state index contributed by atoms with van der Waals surface area (Å²) in [7, 11) is 0. The van der Waals surface area contributed by atoms with Crippen molar-refractivity contribution in [2.24, 2.45) is 0 Å². The van der Waals surface area contributed by atoms with Gasteiger partial charge in [0.2, 0.25) is 0 Å². The zero-order valence-corrected chi connectivity index (χ0v) is 32.7. The molecule has 0 amide bonds. The van der Waals surface area contributed by atoms with Gasteiger partial charge in [0.05, 0.1) is 6.04 Å². The summed E-state index contributed by atoms with van der Waals surface area (Å²) in [4.78, 5) is 4.79. The van der Waals surface area contributed by atoms with Crippen molar-refractivity contribution in [1.82, 2.24) is 0 Å². The Morgan fingerprint density at radius 1 is 0.433 bits per heavy atom. The van der Waals surface area contributed by atoms with Crippen LogP contribution in [-0.4, -0.2) is 6.04 Å². The molecule has 12 rings (SSSR count). The number of fused-ring (bicyclic) bond motifs is 11. The first-order valence-electron chi connectivity index (χ1n) is 20.6. The Morgan fingerprint density at radius 3 is 1.80 bits per heavy atom. The fourth-order valence-electron chi connectivity index (χ4n) is 9.51. The molecule has 9 aromatic carbocycles. The fourth-order valence-corrected chi connectivity index (χ4v) is 9.51. The summed E-state index contributed by atoms with van der Waals surface area (Å²) in [6, 6.07) is 71.0. The summed E-state index contributed by atoms with van der Waals surface area (Å²) in [5.41, 5.74) is 13.8. The van der Waals surface area contributed by atoms with E-state index < -0.39 is 0 Å². The van der Waals surface area contributed by atoms with Gasteiger partial charge >= 0.3 is 0 Å². The van der Waals surface area contributed by atoms with Gasteiger partial charge in [-0.1, -0.05) is 140 Å². The van der Waals surface area contributed by atoms with Crippen molar-refractivity contribution in [3.05, 3.63) is 217 Å². The molecule has 60 heavy (non-hydrogen) atoms. The van der Waals surface area contributed by atoms with Gasteiger partial charge in [-0.25, -0.2) is 0 Å². The lowest BCUT2D eigenvalue weighted by molar-refractivity contribution is 0.665. The van der Waals surface area contributed by atoms with E-state index in [0.29, 0.717) is 0 Å². The molecule has 2 aromatic heterocycles.